The van der Waals surface area contributed by atoms with E-state index in [2.05, 4.69) is 31.2 Å². The average Bonchev–Trinajstić information content (AvgIpc) is 2.33. The van der Waals surface area contributed by atoms with Crippen molar-refractivity contribution >= 4 is 22.6 Å². The molecule has 2 rings (SSSR count). The molecule has 0 N–H and O–H groups in total. The van der Waals surface area contributed by atoms with Crippen LogP contribution < -0.4 is 0 Å². The zero-order chi connectivity index (χ0) is 12.3. The number of rotatable bonds is 3. The summed E-state index contributed by atoms with van der Waals surface area (Å²) in [5, 5.41) is 0. The number of aryl methyl sites for hydroxylation is 1. The molecule has 0 aliphatic heterocycles. The van der Waals surface area contributed by atoms with Crippen molar-refractivity contribution < 1.29 is 4.21 Å². The van der Waals surface area contributed by atoms with E-state index in [1.807, 2.05) is 24.3 Å². The molecule has 0 radical (unpaired) electrons. The maximum absolute atomic E-state index is 11.3. The number of benzene rings is 2. The SMILES string of the molecule is Cc1ccc(Sc2ccc(S(C)=O)cc2)cc1. The molecule has 0 fully saturated rings. The summed E-state index contributed by atoms with van der Waals surface area (Å²) in [6.07, 6.45) is 1.70. The van der Waals surface area contributed by atoms with Crippen LogP contribution in [0, 0.1) is 6.92 Å². The molecular weight excluding hydrogens is 248 g/mol. The molecule has 2 aromatic rings. The lowest BCUT2D eigenvalue weighted by Gasteiger charge is -2.03. The molecule has 0 aliphatic carbocycles. The topological polar surface area (TPSA) is 17.1 Å². The summed E-state index contributed by atoms with van der Waals surface area (Å²) in [7, 11) is -0.896. The van der Waals surface area contributed by atoms with Crippen LogP contribution in [0.5, 0.6) is 0 Å². The molecule has 0 spiro atoms. The van der Waals surface area contributed by atoms with E-state index in [1.165, 1.54) is 15.4 Å². The van der Waals surface area contributed by atoms with Gasteiger partial charge < -0.3 is 0 Å². The molecule has 0 heterocycles. The number of hydrogen-bond acceptors (Lipinski definition) is 2. The van der Waals surface area contributed by atoms with Crippen LogP contribution in [0.4, 0.5) is 0 Å². The highest BCUT2D eigenvalue weighted by atomic mass is 32.2. The first kappa shape index (κ1) is 12.4. The lowest BCUT2D eigenvalue weighted by Crippen LogP contribution is -1.85. The van der Waals surface area contributed by atoms with Gasteiger partial charge in [0.15, 0.2) is 0 Å². The zero-order valence-corrected chi connectivity index (χ0v) is 11.5. The smallest absolute Gasteiger partial charge is 0.0498 e. The van der Waals surface area contributed by atoms with Gasteiger partial charge in [0.05, 0.1) is 0 Å². The van der Waals surface area contributed by atoms with Gasteiger partial charge in [-0.2, -0.15) is 0 Å². The van der Waals surface area contributed by atoms with Crippen molar-refractivity contribution in [3.05, 3.63) is 54.1 Å². The Morgan fingerprint density at radius 2 is 1.35 bits per heavy atom. The first-order chi connectivity index (χ1) is 8.15. The molecule has 3 heteroatoms. The Labute approximate surface area is 109 Å². The molecule has 0 aliphatic rings. The second-order valence-corrected chi connectivity index (χ2v) is 6.37. The number of hydrogen-bond donors (Lipinski definition) is 0. The summed E-state index contributed by atoms with van der Waals surface area (Å²) in [5.74, 6) is 0. The molecule has 0 aromatic heterocycles. The van der Waals surface area contributed by atoms with E-state index in [1.54, 1.807) is 18.0 Å². The van der Waals surface area contributed by atoms with Crippen LogP contribution in [0.1, 0.15) is 5.56 Å². The molecule has 0 bridgehead atoms. The quantitative estimate of drug-likeness (QED) is 0.835. The van der Waals surface area contributed by atoms with E-state index in [9.17, 15) is 4.21 Å². The second kappa shape index (κ2) is 5.52. The summed E-state index contributed by atoms with van der Waals surface area (Å²) in [6.45, 7) is 2.08. The molecular formula is C14H14OS2. The minimum atomic E-state index is -0.896. The molecule has 0 saturated heterocycles. The Bertz CT molecular complexity index is 515. The van der Waals surface area contributed by atoms with Crippen molar-refractivity contribution in [1.29, 1.82) is 0 Å². The van der Waals surface area contributed by atoms with Gasteiger partial charge in [-0.05, 0) is 43.3 Å². The van der Waals surface area contributed by atoms with Crippen molar-refractivity contribution in [1.82, 2.24) is 0 Å². The predicted molar refractivity (Wildman–Crippen MR) is 74.1 cm³/mol. The molecule has 0 saturated carbocycles. The third-order valence-corrected chi connectivity index (χ3v) is 4.36. The van der Waals surface area contributed by atoms with Crippen LogP contribution in [0.15, 0.2) is 63.2 Å². The fourth-order valence-electron chi connectivity index (χ4n) is 1.44. The van der Waals surface area contributed by atoms with Crippen LogP contribution in [0.25, 0.3) is 0 Å². The largest absolute Gasteiger partial charge is 0.255 e. The van der Waals surface area contributed by atoms with Crippen LogP contribution >= 0.6 is 11.8 Å². The third kappa shape index (κ3) is 3.45. The van der Waals surface area contributed by atoms with Crippen molar-refractivity contribution in [2.75, 3.05) is 6.26 Å². The van der Waals surface area contributed by atoms with E-state index in [0.29, 0.717) is 0 Å². The van der Waals surface area contributed by atoms with Crippen molar-refractivity contribution in [2.45, 2.75) is 21.6 Å². The fourth-order valence-corrected chi connectivity index (χ4v) is 2.78. The van der Waals surface area contributed by atoms with Gasteiger partial charge in [-0.25, -0.2) is 0 Å². The van der Waals surface area contributed by atoms with Crippen LogP contribution in [-0.4, -0.2) is 10.5 Å². The Morgan fingerprint density at radius 1 is 0.882 bits per heavy atom. The van der Waals surface area contributed by atoms with Gasteiger partial charge in [0.25, 0.3) is 0 Å². The standard InChI is InChI=1S/C14H14OS2/c1-11-3-5-12(6-4-11)16-13-7-9-14(10-8-13)17(2)15/h3-10H,1-2H3. The van der Waals surface area contributed by atoms with Crippen molar-refractivity contribution in [3.8, 4) is 0 Å². The average molecular weight is 262 g/mol. The lowest BCUT2D eigenvalue weighted by molar-refractivity contribution is 0.686. The molecule has 1 unspecified atom stereocenters. The van der Waals surface area contributed by atoms with Gasteiger partial charge in [-0.3, -0.25) is 4.21 Å². The van der Waals surface area contributed by atoms with E-state index >= 15 is 0 Å². The van der Waals surface area contributed by atoms with E-state index in [4.69, 9.17) is 0 Å². The van der Waals surface area contributed by atoms with Gasteiger partial charge >= 0.3 is 0 Å². The second-order valence-electron chi connectivity index (χ2n) is 3.84. The maximum Gasteiger partial charge on any atom is 0.0498 e. The summed E-state index contributed by atoms with van der Waals surface area (Å²) >= 11 is 1.72. The zero-order valence-electron chi connectivity index (χ0n) is 9.84. The Hall–Kier alpha value is -1.06. The summed E-state index contributed by atoms with van der Waals surface area (Å²) in [5.41, 5.74) is 1.27. The lowest BCUT2D eigenvalue weighted by atomic mass is 10.2. The van der Waals surface area contributed by atoms with Crippen LogP contribution in [-0.2, 0) is 10.8 Å². The summed E-state index contributed by atoms with van der Waals surface area (Å²) in [4.78, 5) is 3.27. The molecule has 1 atom stereocenters. The van der Waals surface area contributed by atoms with Crippen LogP contribution in [0.3, 0.4) is 0 Å². The molecule has 2 aromatic carbocycles. The first-order valence-electron chi connectivity index (χ1n) is 5.33. The monoisotopic (exact) mass is 262 g/mol. The van der Waals surface area contributed by atoms with Gasteiger partial charge in [-0.1, -0.05) is 29.5 Å². The Morgan fingerprint density at radius 3 is 1.82 bits per heavy atom. The fraction of sp³-hybridized carbons (Fsp3) is 0.143. The highest BCUT2D eigenvalue weighted by molar-refractivity contribution is 7.99. The highest BCUT2D eigenvalue weighted by Gasteiger charge is 1.99. The molecule has 0 amide bonds. The first-order valence-corrected chi connectivity index (χ1v) is 7.70. The predicted octanol–water partition coefficient (Wildman–Crippen LogP) is 3.88. The van der Waals surface area contributed by atoms with E-state index in [0.717, 1.165) is 4.90 Å². The van der Waals surface area contributed by atoms with E-state index < -0.39 is 10.8 Å². The highest BCUT2D eigenvalue weighted by Crippen LogP contribution is 2.28. The van der Waals surface area contributed by atoms with Gasteiger partial charge in [-0.15, -0.1) is 0 Å². The van der Waals surface area contributed by atoms with Crippen LogP contribution in [0.2, 0.25) is 0 Å². The normalized spacial score (nSPS) is 12.4. The Balaban J connectivity index is 2.13. The van der Waals surface area contributed by atoms with E-state index in [-0.39, 0.29) is 0 Å². The Kier molecular flexibility index (Phi) is 4.02. The molecule has 17 heavy (non-hydrogen) atoms. The van der Waals surface area contributed by atoms with Crippen molar-refractivity contribution in [3.63, 3.8) is 0 Å². The van der Waals surface area contributed by atoms with Crippen molar-refractivity contribution in [2.24, 2.45) is 0 Å². The minimum absolute atomic E-state index is 0.873. The summed E-state index contributed by atoms with van der Waals surface area (Å²) < 4.78 is 11.3. The molecule has 88 valence electrons. The maximum atomic E-state index is 11.3. The van der Waals surface area contributed by atoms with Gasteiger partial charge in [0, 0.05) is 31.7 Å². The molecule has 1 nitrogen and oxygen atoms in total. The third-order valence-electron chi connectivity index (χ3n) is 2.41. The minimum Gasteiger partial charge on any atom is -0.255 e. The summed E-state index contributed by atoms with van der Waals surface area (Å²) in [6, 6.07) is 16.3. The van der Waals surface area contributed by atoms with Gasteiger partial charge in [0.2, 0.25) is 0 Å². The van der Waals surface area contributed by atoms with Gasteiger partial charge in [0.1, 0.15) is 0 Å².